The molecule has 0 unspecified atom stereocenters. The number of hydrogen-bond donors (Lipinski definition) is 1. The molecule has 0 spiro atoms. The fourth-order valence-corrected chi connectivity index (χ4v) is 3.83. The molecule has 7 nitrogen and oxygen atoms in total. The van der Waals surface area contributed by atoms with Crippen molar-refractivity contribution in [1.29, 1.82) is 0 Å². The first-order valence-electron chi connectivity index (χ1n) is 11.4. The summed E-state index contributed by atoms with van der Waals surface area (Å²) in [5.41, 5.74) is 5.15. The van der Waals surface area contributed by atoms with Gasteiger partial charge in [0.15, 0.2) is 0 Å². The molecule has 0 aromatic carbocycles. The van der Waals surface area contributed by atoms with Crippen molar-refractivity contribution in [2.45, 2.75) is 39.3 Å². The highest BCUT2D eigenvalue weighted by Crippen LogP contribution is 2.21. The molecule has 4 rings (SSSR count). The van der Waals surface area contributed by atoms with E-state index in [2.05, 4.69) is 49.4 Å². The summed E-state index contributed by atoms with van der Waals surface area (Å²) in [5.74, 6) is 0.999. The minimum absolute atomic E-state index is 0.515. The molecule has 0 aliphatic carbocycles. The molecular weight excluding hydrogens is 412 g/mol. The third-order valence-corrected chi connectivity index (χ3v) is 5.59. The number of aromatic nitrogens is 3. The van der Waals surface area contributed by atoms with Gasteiger partial charge in [-0.25, -0.2) is 4.98 Å². The number of nitrogens with one attached hydrogen (secondary N) is 1. The largest absolute Gasteiger partial charge is 0.369 e. The lowest BCUT2D eigenvalue weighted by molar-refractivity contribution is 0.112. The van der Waals surface area contributed by atoms with Gasteiger partial charge in [-0.2, -0.15) is 0 Å². The van der Waals surface area contributed by atoms with Crippen molar-refractivity contribution in [3.8, 4) is 0 Å². The molecule has 0 amide bonds. The summed E-state index contributed by atoms with van der Waals surface area (Å²) in [5, 5.41) is 3.70. The second kappa shape index (κ2) is 12.1. The first-order valence-corrected chi connectivity index (χ1v) is 11.4. The monoisotopic (exact) mass is 446 g/mol. The zero-order chi connectivity index (χ0) is 23.6. The van der Waals surface area contributed by atoms with E-state index in [9.17, 15) is 4.79 Å². The third kappa shape index (κ3) is 7.64. The van der Waals surface area contributed by atoms with E-state index in [1.165, 1.54) is 24.1 Å². The normalized spacial score (nSPS) is 15.4. The van der Waals surface area contributed by atoms with Gasteiger partial charge in [0.2, 0.25) is 0 Å². The van der Waals surface area contributed by atoms with Gasteiger partial charge in [-0.05, 0) is 68.7 Å². The Hall–Kier alpha value is -3.32. The number of piperidine rings is 1. The van der Waals surface area contributed by atoms with E-state index >= 15 is 0 Å². The summed E-state index contributed by atoms with van der Waals surface area (Å²) in [7, 11) is 4.04. The summed E-state index contributed by atoms with van der Waals surface area (Å²) in [4.78, 5) is 27.3. The van der Waals surface area contributed by atoms with Crippen LogP contribution in [-0.4, -0.2) is 54.5 Å². The lowest BCUT2D eigenvalue weighted by Crippen LogP contribution is -2.45. The Bertz CT molecular complexity index is 1020. The van der Waals surface area contributed by atoms with E-state index in [4.69, 9.17) is 0 Å². The van der Waals surface area contributed by atoms with Crippen molar-refractivity contribution in [3.05, 3.63) is 77.5 Å². The lowest BCUT2D eigenvalue weighted by Gasteiger charge is -2.35. The minimum atomic E-state index is 0.515. The van der Waals surface area contributed by atoms with Gasteiger partial charge >= 0.3 is 0 Å². The number of hydrogen-bond acceptors (Lipinski definition) is 7. The number of nitrogens with zero attached hydrogens (tertiary/aromatic N) is 5. The van der Waals surface area contributed by atoms with Crippen LogP contribution in [0.1, 0.15) is 40.2 Å². The van der Waals surface area contributed by atoms with Crippen LogP contribution in [0.3, 0.4) is 0 Å². The second-order valence-corrected chi connectivity index (χ2v) is 8.59. The van der Waals surface area contributed by atoms with Crippen LogP contribution >= 0.6 is 0 Å². The summed E-state index contributed by atoms with van der Waals surface area (Å²) in [6, 6.07) is 12.4. The molecule has 174 valence electrons. The van der Waals surface area contributed by atoms with Crippen LogP contribution in [0.2, 0.25) is 0 Å². The first kappa shape index (κ1) is 24.3. The summed E-state index contributed by atoms with van der Waals surface area (Å²) in [6.07, 6.45) is 8.75. The Labute approximate surface area is 196 Å². The van der Waals surface area contributed by atoms with Crippen molar-refractivity contribution in [1.82, 2.24) is 20.3 Å². The van der Waals surface area contributed by atoms with Crippen molar-refractivity contribution >= 4 is 17.8 Å². The van der Waals surface area contributed by atoms with Crippen molar-refractivity contribution in [2.24, 2.45) is 0 Å². The Kier molecular flexibility index (Phi) is 8.89. The number of pyridine rings is 3. The molecule has 4 heterocycles. The number of rotatable bonds is 6. The Morgan fingerprint density at radius 3 is 2.42 bits per heavy atom. The molecule has 7 heteroatoms. The SMILES string of the molecule is Cc1cc(C=O)ccn1.Cc1cc(CN[C@H]2CCCN(c3ccc(N(C)C)nc3)C2)ccn1. The molecule has 0 bridgehead atoms. The van der Waals surface area contributed by atoms with Gasteiger partial charge in [0.1, 0.15) is 12.1 Å². The maximum atomic E-state index is 10.1. The molecule has 1 fully saturated rings. The lowest BCUT2D eigenvalue weighted by atomic mass is 10.0. The first-order chi connectivity index (χ1) is 15.9. The maximum absolute atomic E-state index is 10.1. The predicted molar refractivity (Wildman–Crippen MR) is 134 cm³/mol. The zero-order valence-corrected chi connectivity index (χ0v) is 20.0. The van der Waals surface area contributed by atoms with E-state index < -0.39 is 0 Å². The van der Waals surface area contributed by atoms with Gasteiger partial charge in [-0.1, -0.05) is 0 Å². The van der Waals surface area contributed by atoms with E-state index in [-0.39, 0.29) is 0 Å². The van der Waals surface area contributed by atoms with Gasteiger partial charge < -0.3 is 15.1 Å². The summed E-state index contributed by atoms with van der Waals surface area (Å²) >= 11 is 0. The Morgan fingerprint density at radius 1 is 1.06 bits per heavy atom. The number of carbonyl (C=O) groups is 1. The van der Waals surface area contributed by atoms with Gasteiger partial charge in [0.25, 0.3) is 0 Å². The number of anilines is 2. The topological polar surface area (TPSA) is 74.2 Å². The second-order valence-electron chi connectivity index (χ2n) is 8.59. The van der Waals surface area contributed by atoms with Crippen LogP contribution in [0, 0.1) is 13.8 Å². The minimum Gasteiger partial charge on any atom is -0.369 e. The molecular formula is C26H34N6O. The summed E-state index contributed by atoms with van der Waals surface area (Å²) in [6.45, 7) is 6.94. The standard InChI is InChI=1S/C19H27N5.C7H7NO/c1-15-11-16(8-9-20-15)12-21-17-5-4-10-24(14-17)18-6-7-19(22-13-18)23(2)3;1-6-4-7(5-9)2-3-8-6/h6-9,11,13,17,21H,4-5,10,12,14H2,1-3H3;2-5H,1H3/t17-;/m0./s1. The van der Waals surface area contributed by atoms with Crippen LogP contribution in [0.4, 0.5) is 11.5 Å². The van der Waals surface area contributed by atoms with Crippen LogP contribution < -0.4 is 15.1 Å². The van der Waals surface area contributed by atoms with Crippen LogP contribution in [0.5, 0.6) is 0 Å². The molecule has 1 aliphatic rings. The molecule has 3 aromatic heterocycles. The van der Waals surface area contributed by atoms with E-state index in [0.29, 0.717) is 11.6 Å². The van der Waals surface area contributed by atoms with E-state index in [0.717, 1.165) is 43.1 Å². The highest BCUT2D eigenvalue weighted by Gasteiger charge is 2.20. The van der Waals surface area contributed by atoms with E-state index in [1.807, 2.05) is 45.2 Å². The smallest absolute Gasteiger partial charge is 0.150 e. The van der Waals surface area contributed by atoms with Gasteiger partial charge in [-0.15, -0.1) is 0 Å². The fourth-order valence-electron chi connectivity index (χ4n) is 3.83. The van der Waals surface area contributed by atoms with E-state index in [1.54, 1.807) is 18.3 Å². The van der Waals surface area contributed by atoms with Crippen molar-refractivity contribution < 1.29 is 4.79 Å². The highest BCUT2D eigenvalue weighted by molar-refractivity contribution is 5.74. The van der Waals surface area contributed by atoms with Crippen LogP contribution in [-0.2, 0) is 6.54 Å². The van der Waals surface area contributed by atoms with Crippen molar-refractivity contribution in [3.63, 3.8) is 0 Å². The molecule has 1 N–H and O–H groups in total. The molecule has 33 heavy (non-hydrogen) atoms. The molecule has 0 saturated carbocycles. The summed E-state index contributed by atoms with van der Waals surface area (Å²) < 4.78 is 0. The Balaban J connectivity index is 0.000000286. The molecule has 0 radical (unpaired) electrons. The molecule has 1 aliphatic heterocycles. The van der Waals surface area contributed by atoms with Crippen molar-refractivity contribution in [2.75, 3.05) is 37.0 Å². The highest BCUT2D eigenvalue weighted by atomic mass is 16.1. The average Bonchev–Trinajstić information content (AvgIpc) is 2.83. The third-order valence-electron chi connectivity index (χ3n) is 5.59. The molecule has 3 aromatic rings. The average molecular weight is 447 g/mol. The maximum Gasteiger partial charge on any atom is 0.150 e. The zero-order valence-electron chi connectivity index (χ0n) is 20.0. The number of aryl methyl sites for hydroxylation is 2. The quantitative estimate of drug-likeness (QED) is 0.577. The van der Waals surface area contributed by atoms with Crippen LogP contribution in [0.25, 0.3) is 0 Å². The molecule has 1 atom stereocenters. The van der Waals surface area contributed by atoms with Gasteiger partial charge in [0, 0.05) is 69.1 Å². The fraction of sp³-hybridized carbons (Fsp3) is 0.385. The number of aldehydes is 1. The van der Waals surface area contributed by atoms with Crippen LogP contribution in [0.15, 0.2) is 55.0 Å². The molecule has 1 saturated heterocycles. The van der Waals surface area contributed by atoms with Gasteiger partial charge in [0.05, 0.1) is 11.9 Å². The van der Waals surface area contributed by atoms with Gasteiger partial charge in [-0.3, -0.25) is 14.8 Å². The number of carbonyl (C=O) groups excluding carboxylic acids is 1. The Morgan fingerprint density at radius 2 is 1.82 bits per heavy atom. The predicted octanol–water partition coefficient (Wildman–Crippen LogP) is 3.81.